The molecule has 0 saturated heterocycles. The van der Waals surface area contributed by atoms with E-state index in [9.17, 15) is 4.79 Å². The van der Waals surface area contributed by atoms with Gasteiger partial charge in [-0.1, -0.05) is 12.2 Å². The summed E-state index contributed by atoms with van der Waals surface area (Å²) >= 11 is 0. The number of allylic oxidation sites excluding steroid dienone is 4. The van der Waals surface area contributed by atoms with Crippen LogP contribution in [-0.4, -0.2) is 6.29 Å². The molecule has 1 aliphatic rings. The van der Waals surface area contributed by atoms with Gasteiger partial charge in [0.05, 0.1) is 0 Å². The highest BCUT2D eigenvalue weighted by molar-refractivity contribution is 5.74. The van der Waals surface area contributed by atoms with Crippen LogP contribution in [0.3, 0.4) is 0 Å². The van der Waals surface area contributed by atoms with E-state index in [-0.39, 0.29) is 0 Å². The number of carbonyl (C=O) groups excluding carboxylic acids is 1. The highest BCUT2D eigenvalue weighted by atomic mass is 16.1. The zero-order valence-corrected chi connectivity index (χ0v) is 6.26. The monoisotopic (exact) mass is 136 g/mol. The van der Waals surface area contributed by atoms with Gasteiger partial charge in [-0.15, -0.1) is 0 Å². The minimum atomic E-state index is 0.885. The van der Waals surface area contributed by atoms with E-state index in [1.54, 1.807) is 0 Å². The first kappa shape index (κ1) is 7.26. The van der Waals surface area contributed by atoms with Crippen molar-refractivity contribution in [3.63, 3.8) is 0 Å². The Labute approximate surface area is 61.4 Å². The number of rotatable bonds is 1. The second-order valence-corrected chi connectivity index (χ2v) is 2.62. The van der Waals surface area contributed by atoms with Crippen molar-refractivity contribution in [2.75, 3.05) is 0 Å². The van der Waals surface area contributed by atoms with Gasteiger partial charge in [-0.25, -0.2) is 0 Å². The van der Waals surface area contributed by atoms with Crippen LogP contribution < -0.4 is 0 Å². The van der Waals surface area contributed by atoms with E-state index < -0.39 is 0 Å². The molecule has 54 valence electrons. The van der Waals surface area contributed by atoms with Crippen LogP contribution in [0, 0.1) is 0 Å². The van der Waals surface area contributed by atoms with Crippen molar-refractivity contribution >= 4 is 6.29 Å². The Kier molecular flexibility index (Phi) is 2.43. The smallest absolute Gasteiger partial charge is 0.146 e. The zero-order valence-electron chi connectivity index (χ0n) is 6.26. The minimum Gasteiger partial charge on any atom is -0.298 e. The number of hydrogen-bond donors (Lipinski definition) is 0. The maximum atomic E-state index is 10.3. The van der Waals surface area contributed by atoms with E-state index in [1.807, 2.05) is 6.92 Å². The van der Waals surface area contributed by atoms with Crippen molar-refractivity contribution in [1.82, 2.24) is 0 Å². The highest BCUT2D eigenvalue weighted by Crippen LogP contribution is 2.18. The van der Waals surface area contributed by atoms with Gasteiger partial charge in [-0.2, -0.15) is 0 Å². The third-order valence-electron chi connectivity index (χ3n) is 1.82. The van der Waals surface area contributed by atoms with E-state index in [2.05, 4.69) is 12.2 Å². The van der Waals surface area contributed by atoms with E-state index >= 15 is 0 Å². The Balaban J connectivity index is 2.78. The van der Waals surface area contributed by atoms with Gasteiger partial charge in [0.1, 0.15) is 6.29 Å². The molecule has 0 saturated carbocycles. The van der Waals surface area contributed by atoms with Crippen LogP contribution in [0.5, 0.6) is 0 Å². The summed E-state index contributed by atoms with van der Waals surface area (Å²) in [4.78, 5) is 10.3. The Morgan fingerprint density at radius 2 is 2.50 bits per heavy atom. The molecular weight excluding hydrogens is 124 g/mol. The average molecular weight is 136 g/mol. The number of aldehydes is 1. The molecule has 0 aromatic rings. The van der Waals surface area contributed by atoms with Crippen LogP contribution >= 0.6 is 0 Å². The summed E-state index contributed by atoms with van der Waals surface area (Å²) in [6.07, 6.45) is 8.55. The van der Waals surface area contributed by atoms with Gasteiger partial charge in [-0.05, 0) is 37.3 Å². The Hall–Kier alpha value is -0.850. The molecular formula is C9H12O. The maximum Gasteiger partial charge on any atom is 0.146 e. The van der Waals surface area contributed by atoms with Crippen LogP contribution in [0.2, 0.25) is 0 Å². The number of hydrogen-bond acceptors (Lipinski definition) is 1. The lowest BCUT2D eigenvalue weighted by molar-refractivity contribution is -0.104. The van der Waals surface area contributed by atoms with Gasteiger partial charge >= 0.3 is 0 Å². The Morgan fingerprint density at radius 1 is 1.70 bits per heavy atom. The van der Waals surface area contributed by atoms with Gasteiger partial charge < -0.3 is 0 Å². The molecule has 1 heteroatoms. The molecule has 0 unspecified atom stereocenters. The molecule has 0 radical (unpaired) electrons. The van der Waals surface area contributed by atoms with Crippen molar-refractivity contribution in [3.8, 4) is 0 Å². The molecule has 0 atom stereocenters. The maximum absolute atomic E-state index is 10.3. The first-order chi connectivity index (χ1) is 4.84. The molecule has 1 aliphatic carbocycles. The van der Waals surface area contributed by atoms with Crippen molar-refractivity contribution in [2.45, 2.75) is 26.2 Å². The molecule has 0 spiro atoms. The minimum absolute atomic E-state index is 0.885. The summed E-state index contributed by atoms with van der Waals surface area (Å²) in [5.41, 5.74) is 2.09. The van der Waals surface area contributed by atoms with Gasteiger partial charge in [0, 0.05) is 0 Å². The molecule has 0 aromatic heterocycles. The third-order valence-corrected chi connectivity index (χ3v) is 1.82. The summed E-state index contributed by atoms with van der Waals surface area (Å²) in [5, 5.41) is 0. The van der Waals surface area contributed by atoms with Crippen LogP contribution in [-0.2, 0) is 4.79 Å². The third kappa shape index (κ3) is 1.56. The molecule has 1 nitrogen and oxygen atoms in total. The normalized spacial score (nSPS) is 22.5. The average Bonchev–Trinajstić information content (AvgIpc) is 2.05. The van der Waals surface area contributed by atoms with E-state index in [1.165, 1.54) is 12.0 Å². The lowest BCUT2D eigenvalue weighted by atomic mass is 9.98. The van der Waals surface area contributed by atoms with Crippen LogP contribution in [0.1, 0.15) is 26.2 Å². The first-order valence-electron chi connectivity index (χ1n) is 3.66. The summed E-state index contributed by atoms with van der Waals surface area (Å²) < 4.78 is 0. The fourth-order valence-corrected chi connectivity index (χ4v) is 1.12. The lowest BCUT2D eigenvalue weighted by Gasteiger charge is -2.07. The second-order valence-electron chi connectivity index (χ2n) is 2.62. The topological polar surface area (TPSA) is 17.1 Å². The fraction of sp³-hybridized carbons (Fsp3) is 0.444. The van der Waals surface area contributed by atoms with Gasteiger partial charge in [0.2, 0.25) is 0 Å². The molecule has 0 heterocycles. The summed E-state index contributed by atoms with van der Waals surface area (Å²) in [5.74, 6) is 0. The Morgan fingerprint density at radius 3 is 3.00 bits per heavy atom. The predicted octanol–water partition coefficient (Wildman–Crippen LogP) is 2.24. The molecule has 0 fully saturated rings. The number of carbonyl (C=O) groups is 1. The van der Waals surface area contributed by atoms with Crippen molar-refractivity contribution in [3.05, 3.63) is 23.3 Å². The summed E-state index contributed by atoms with van der Waals surface area (Å²) in [6, 6.07) is 0. The molecule has 0 aromatic carbocycles. The molecule has 0 bridgehead atoms. The highest BCUT2D eigenvalue weighted by Gasteiger charge is 2.01. The largest absolute Gasteiger partial charge is 0.298 e. The predicted molar refractivity (Wildman–Crippen MR) is 41.8 cm³/mol. The quantitative estimate of drug-likeness (QED) is 0.399. The van der Waals surface area contributed by atoms with Gasteiger partial charge in [0.25, 0.3) is 0 Å². The van der Waals surface area contributed by atoms with Crippen LogP contribution in [0.25, 0.3) is 0 Å². The molecule has 10 heavy (non-hydrogen) atoms. The van der Waals surface area contributed by atoms with Crippen molar-refractivity contribution in [1.29, 1.82) is 0 Å². The lowest BCUT2D eigenvalue weighted by Crippen LogP contribution is -1.91. The van der Waals surface area contributed by atoms with Crippen LogP contribution in [0.4, 0.5) is 0 Å². The van der Waals surface area contributed by atoms with E-state index in [0.29, 0.717) is 0 Å². The molecule has 0 amide bonds. The van der Waals surface area contributed by atoms with E-state index in [4.69, 9.17) is 0 Å². The molecule has 1 rings (SSSR count). The first-order valence-corrected chi connectivity index (χ1v) is 3.66. The van der Waals surface area contributed by atoms with Crippen molar-refractivity contribution in [2.24, 2.45) is 0 Å². The van der Waals surface area contributed by atoms with E-state index in [0.717, 1.165) is 24.7 Å². The summed E-state index contributed by atoms with van der Waals surface area (Å²) in [6.45, 7) is 1.87. The summed E-state index contributed by atoms with van der Waals surface area (Å²) in [7, 11) is 0. The second kappa shape index (κ2) is 3.35. The van der Waals surface area contributed by atoms with Gasteiger partial charge in [-0.3, -0.25) is 4.79 Å². The van der Waals surface area contributed by atoms with Gasteiger partial charge in [0.15, 0.2) is 0 Å². The van der Waals surface area contributed by atoms with Crippen molar-refractivity contribution < 1.29 is 4.79 Å². The standard InChI is InChI=1S/C9H12O/c1-8(7-10)9-5-3-2-4-6-9/h3,5,7H,2,4,6H2,1H3/b9-8-. The molecule has 0 aliphatic heterocycles. The SMILES string of the molecule is C/C(C=O)=C1\C=CCCC1. The zero-order chi connectivity index (χ0) is 7.40. The van der Waals surface area contributed by atoms with Crippen LogP contribution in [0.15, 0.2) is 23.3 Å². The Bertz CT molecular complexity index is 187. The molecule has 0 N–H and O–H groups in total. The fourth-order valence-electron chi connectivity index (χ4n) is 1.12.